The Hall–Kier alpha value is -0.420. The largest absolute Gasteiger partial charge is 0.379 e. The Kier molecular flexibility index (Phi) is 6.14. The van der Waals surface area contributed by atoms with E-state index in [0.717, 1.165) is 59.2 Å². The predicted molar refractivity (Wildman–Crippen MR) is 72.9 cm³/mol. The smallest absolute Gasteiger partial charge is 0.0594 e. The summed E-state index contributed by atoms with van der Waals surface area (Å²) in [4.78, 5) is 5.00. The van der Waals surface area contributed by atoms with E-state index in [1.54, 1.807) is 5.57 Å². The molecule has 0 radical (unpaired) electrons. The van der Waals surface area contributed by atoms with Gasteiger partial charge in [-0.3, -0.25) is 9.80 Å². The lowest BCUT2D eigenvalue weighted by molar-refractivity contribution is 0.0356. The van der Waals surface area contributed by atoms with E-state index in [0.29, 0.717) is 0 Å². The van der Waals surface area contributed by atoms with Crippen LogP contribution in [0.1, 0.15) is 13.3 Å². The van der Waals surface area contributed by atoms with Gasteiger partial charge in [-0.25, -0.2) is 0 Å². The molecule has 104 valence electrons. The van der Waals surface area contributed by atoms with Crippen molar-refractivity contribution < 1.29 is 9.47 Å². The molecule has 0 aromatic carbocycles. The van der Waals surface area contributed by atoms with Crippen molar-refractivity contribution in [2.24, 2.45) is 0 Å². The third-order valence-corrected chi connectivity index (χ3v) is 3.79. The quantitative estimate of drug-likeness (QED) is 0.683. The molecule has 0 aromatic heterocycles. The van der Waals surface area contributed by atoms with Gasteiger partial charge in [0.2, 0.25) is 0 Å². The van der Waals surface area contributed by atoms with Crippen LogP contribution in [0.4, 0.5) is 0 Å². The van der Waals surface area contributed by atoms with Gasteiger partial charge in [-0.2, -0.15) is 0 Å². The van der Waals surface area contributed by atoms with Crippen LogP contribution in [0, 0.1) is 0 Å². The molecule has 2 aliphatic rings. The Balaban J connectivity index is 1.68. The maximum absolute atomic E-state index is 5.39. The average molecular weight is 254 g/mol. The predicted octanol–water partition coefficient (Wildman–Crippen LogP) is 0.987. The van der Waals surface area contributed by atoms with Gasteiger partial charge in [0.05, 0.1) is 26.4 Å². The molecule has 2 rings (SSSR count). The van der Waals surface area contributed by atoms with Gasteiger partial charge in [-0.15, -0.1) is 0 Å². The second-order valence-corrected chi connectivity index (χ2v) is 5.04. The van der Waals surface area contributed by atoms with Crippen molar-refractivity contribution in [2.45, 2.75) is 13.3 Å². The van der Waals surface area contributed by atoms with E-state index in [9.17, 15) is 0 Å². The van der Waals surface area contributed by atoms with Crippen LogP contribution in [0.2, 0.25) is 0 Å². The van der Waals surface area contributed by atoms with Crippen LogP contribution in [0.5, 0.6) is 0 Å². The molecule has 0 spiro atoms. The van der Waals surface area contributed by atoms with Crippen molar-refractivity contribution in [3.63, 3.8) is 0 Å². The first-order chi connectivity index (χ1) is 8.88. The number of allylic oxidation sites excluding steroid dienone is 1. The van der Waals surface area contributed by atoms with Crippen LogP contribution >= 0.6 is 0 Å². The van der Waals surface area contributed by atoms with Crippen LogP contribution < -0.4 is 0 Å². The van der Waals surface area contributed by atoms with Gasteiger partial charge in [0, 0.05) is 39.3 Å². The van der Waals surface area contributed by atoms with Crippen molar-refractivity contribution in [3.05, 3.63) is 11.6 Å². The van der Waals surface area contributed by atoms with Gasteiger partial charge in [-0.05, 0) is 13.3 Å². The van der Waals surface area contributed by atoms with Gasteiger partial charge in [0.15, 0.2) is 0 Å². The summed E-state index contributed by atoms with van der Waals surface area (Å²) in [6.07, 6.45) is 3.48. The Morgan fingerprint density at radius 3 is 2.06 bits per heavy atom. The van der Waals surface area contributed by atoms with E-state index >= 15 is 0 Å². The summed E-state index contributed by atoms with van der Waals surface area (Å²) in [5, 5.41) is 0. The molecule has 2 aliphatic heterocycles. The molecule has 0 bridgehead atoms. The molecule has 0 amide bonds. The zero-order chi connectivity index (χ0) is 12.6. The number of hydrogen-bond acceptors (Lipinski definition) is 4. The van der Waals surface area contributed by atoms with Gasteiger partial charge in [-0.1, -0.05) is 11.6 Å². The van der Waals surface area contributed by atoms with Crippen molar-refractivity contribution in [2.75, 3.05) is 65.7 Å². The minimum atomic E-state index is 0.889. The monoisotopic (exact) mass is 254 g/mol. The van der Waals surface area contributed by atoms with Crippen LogP contribution in [-0.2, 0) is 9.47 Å². The van der Waals surface area contributed by atoms with Crippen LogP contribution in [-0.4, -0.2) is 75.5 Å². The fourth-order valence-electron chi connectivity index (χ4n) is 2.49. The molecular formula is C14H26N2O2. The molecule has 0 unspecified atom stereocenters. The zero-order valence-electron chi connectivity index (χ0n) is 11.6. The molecule has 4 nitrogen and oxygen atoms in total. The molecule has 2 fully saturated rings. The lowest BCUT2D eigenvalue weighted by Gasteiger charge is -2.29. The van der Waals surface area contributed by atoms with E-state index < -0.39 is 0 Å². The second-order valence-electron chi connectivity index (χ2n) is 5.04. The Bertz CT molecular complexity index is 257. The number of ether oxygens (including phenoxy) is 2. The highest BCUT2D eigenvalue weighted by Gasteiger charge is 2.14. The Morgan fingerprint density at radius 1 is 0.944 bits per heavy atom. The number of rotatable bonds is 5. The van der Waals surface area contributed by atoms with Crippen molar-refractivity contribution >= 4 is 0 Å². The van der Waals surface area contributed by atoms with Crippen LogP contribution in [0.25, 0.3) is 0 Å². The van der Waals surface area contributed by atoms with E-state index in [1.807, 2.05) is 0 Å². The molecule has 2 heterocycles. The molecule has 4 heteroatoms. The zero-order valence-corrected chi connectivity index (χ0v) is 11.6. The standard InChI is InChI=1S/C14H26N2O2/c1-2-14(13-16-7-11-18-12-8-16)3-4-15-5-9-17-10-6-15/h2H,3-13H2,1H3/b14-2-. The Labute approximate surface area is 111 Å². The fraction of sp³-hybridized carbons (Fsp3) is 0.857. The fourth-order valence-corrected chi connectivity index (χ4v) is 2.49. The molecule has 2 saturated heterocycles. The van der Waals surface area contributed by atoms with Crippen molar-refractivity contribution in [1.82, 2.24) is 9.80 Å². The van der Waals surface area contributed by atoms with Gasteiger partial charge >= 0.3 is 0 Å². The minimum Gasteiger partial charge on any atom is -0.379 e. The van der Waals surface area contributed by atoms with Crippen LogP contribution in [0.3, 0.4) is 0 Å². The maximum atomic E-state index is 5.39. The Morgan fingerprint density at radius 2 is 1.50 bits per heavy atom. The summed E-state index contributed by atoms with van der Waals surface area (Å²) in [7, 11) is 0. The summed E-state index contributed by atoms with van der Waals surface area (Å²) in [5.41, 5.74) is 1.56. The number of morpholine rings is 2. The normalized spacial score (nSPS) is 24.4. The summed E-state index contributed by atoms with van der Waals surface area (Å²) in [6.45, 7) is 12.4. The highest BCUT2D eigenvalue weighted by Crippen LogP contribution is 2.09. The molecule has 0 saturated carbocycles. The average Bonchev–Trinajstić information content (AvgIpc) is 2.45. The molecule has 0 aromatic rings. The first-order valence-corrected chi connectivity index (χ1v) is 7.13. The molecular weight excluding hydrogens is 228 g/mol. The lowest BCUT2D eigenvalue weighted by Crippen LogP contribution is -2.39. The third kappa shape index (κ3) is 4.69. The van der Waals surface area contributed by atoms with E-state index in [2.05, 4.69) is 22.8 Å². The van der Waals surface area contributed by atoms with Gasteiger partial charge in [0.25, 0.3) is 0 Å². The SMILES string of the molecule is C/C=C(/CCN1CCOCC1)CN1CCOCC1. The highest BCUT2D eigenvalue weighted by atomic mass is 16.5. The minimum absolute atomic E-state index is 0.889. The van der Waals surface area contributed by atoms with Crippen molar-refractivity contribution in [1.29, 1.82) is 0 Å². The number of hydrogen-bond donors (Lipinski definition) is 0. The summed E-state index contributed by atoms with van der Waals surface area (Å²) < 4.78 is 10.8. The van der Waals surface area contributed by atoms with E-state index in [-0.39, 0.29) is 0 Å². The lowest BCUT2D eigenvalue weighted by atomic mass is 10.1. The maximum Gasteiger partial charge on any atom is 0.0594 e. The van der Waals surface area contributed by atoms with E-state index in [4.69, 9.17) is 9.47 Å². The molecule has 0 atom stereocenters. The van der Waals surface area contributed by atoms with Crippen LogP contribution in [0.15, 0.2) is 11.6 Å². The first kappa shape index (κ1) is 14.0. The topological polar surface area (TPSA) is 24.9 Å². The highest BCUT2D eigenvalue weighted by molar-refractivity contribution is 5.04. The number of nitrogens with zero attached hydrogens (tertiary/aromatic N) is 2. The first-order valence-electron chi connectivity index (χ1n) is 7.13. The van der Waals surface area contributed by atoms with Gasteiger partial charge < -0.3 is 9.47 Å². The third-order valence-electron chi connectivity index (χ3n) is 3.79. The van der Waals surface area contributed by atoms with E-state index in [1.165, 1.54) is 13.0 Å². The second kappa shape index (κ2) is 7.89. The van der Waals surface area contributed by atoms with Crippen molar-refractivity contribution in [3.8, 4) is 0 Å². The molecule has 18 heavy (non-hydrogen) atoms. The molecule has 0 aliphatic carbocycles. The van der Waals surface area contributed by atoms with Gasteiger partial charge in [0.1, 0.15) is 0 Å². The molecule has 0 N–H and O–H groups in total. The summed E-state index contributed by atoms with van der Waals surface area (Å²) >= 11 is 0. The summed E-state index contributed by atoms with van der Waals surface area (Å²) in [6, 6.07) is 0. The summed E-state index contributed by atoms with van der Waals surface area (Å²) in [5.74, 6) is 0.